The lowest BCUT2D eigenvalue weighted by Gasteiger charge is -2.20. The minimum atomic E-state index is -0.500. The van der Waals surface area contributed by atoms with Gasteiger partial charge in [-0.3, -0.25) is 4.79 Å². The predicted octanol–water partition coefficient (Wildman–Crippen LogP) is 3.16. The first-order chi connectivity index (χ1) is 14.5. The minimum Gasteiger partial charge on any atom is -0.484 e. The Kier molecular flexibility index (Phi) is 10.2. The number of guanidine groups is 1. The van der Waals surface area contributed by atoms with Crippen molar-refractivity contribution in [3.05, 3.63) is 59.1 Å². The van der Waals surface area contributed by atoms with Crippen LogP contribution in [0.2, 0.25) is 5.02 Å². The first-order valence-electron chi connectivity index (χ1n) is 10.1. The molecule has 1 aliphatic heterocycles. The lowest BCUT2D eigenvalue weighted by atomic mass is 10.2. The second-order valence-corrected chi connectivity index (χ2v) is 7.59. The Balaban J connectivity index is 0.00000341. The smallest absolute Gasteiger partial charge is 0.255 e. The van der Waals surface area contributed by atoms with E-state index in [2.05, 4.69) is 21.6 Å². The molecule has 31 heavy (non-hydrogen) atoms. The van der Waals surface area contributed by atoms with E-state index in [9.17, 15) is 4.79 Å². The summed E-state index contributed by atoms with van der Waals surface area (Å²) in [5.41, 5.74) is 7.26. The molecular formula is C22H29ClIN5O2. The molecule has 2 aromatic carbocycles. The van der Waals surface area contributed by atoms with Gasteiger partial charge in [0.25, 0.3) is 5.91 Å². The van der Waals surface area contributed by atoms with Crippen LogP contribution in [0.15, 0.2) is 53.5 Å². The van der Waals surface area contributed by atoms with Crippen LogP contribution in [0, 0.1) is 0 Å². The number of hydrogen-bond donors (Lipinski definition) is 3. The number of nitrogens with zero attached hydrogens (tertiary/aromatic N) is 2. The van der Waals surface area contributed by atoms with Gasteiger partial charge >= 0.3 is 0 Å². The second-order valence-electron chi connectivity index (χ2n) is 7.15. The fraction of sp³-hybridized carbons (Fsp3) is 0.364. The van der Waals surface area contributed by atoms with E-state index in [4.69, 9.17) is 27.1 Å². The first kappa shape index (κ1) is 25.1. The predicted molar refractivity (Wildman–Crippen MR) is 137 cm³/mol. The maximum atomic E-state index is 10.9. The van der Waals surface area contributed by atoms with Crippen LogP contribution in [-0.2, 0) is 11.3 Å². The molecular weight excluding hydrogens is 529 g/mol. The molecule has 0 bridgehead atoms. The number of nitrogens with two attached hydrogens (primary N) is 1. The highest BCUT2D eigenvalue weighted by molar-refractivity contribution is 14.0. The molecule has 1 heterocycles. The van der Waals surface area contributed by atoms with Crippen molar-refractivity contribution in [3.8, 4) is 5.75 Å². The van der Waals surface area contributed by atoms with E-state index >= 15 is 0 Å². The van der Waals surface area contributed by atoms with Crippen molar-refractivity contribution < 1.29 is 9.53 Å². The van der Waals surface area contributed by atoms with Gasteiger partial charge < -0.3 is 26.0 Å². The van der Waals surface area contributed by atoms with Crippen LogP contribution in [0.1, 0.15) is 18.9 Å². The number of amides is 1. The Morgan fingerprint density at radius 2 is 2.10 bits per heavy atom. The largest absolute Gasteiger partial charge is 0.484 e. The molecule has 0 aliphatic carbocycles. The molecule has 0 aromatic heterocycles. The molecule has 1 aliphatic rings. The monoisotopic (exact) mass is 557 g/mol. The average Bonchev–Trinajstić information content (AvgIpc) is 3.20. The van der Waals surface area contributed by atoms with Crippen molar-refractivity contribution in [2.75, 3.05) is 31.1 Å². The van der Waals surface area contributed by atoms with Gasteiger partial charge in [0.15, 0.2) is 12.6 Å². The van der Waals surface area contributed by atoms with Crippen LogP contribution in [-0.4, -0.2) is 44.1 Å². The number of nitrogens with one attached hydrogen (secondary N) is 2. The number of carbonyl (C=O) groups excluding carboxylic acids is 1. The molecule has 1 fully saturated rings. The molecule has 1 amide bonds. The fourth-order valence-electron chi connectivity index (χ4n) is 3.36. The van der Waals surface area contributed by atoms with Gasteiger partial charge in [-0.1, -0.05) is 29.8 Å². The zero-order valence-corrected chi connectivity index (χ0v) is 20.6. The summed E-state index contributed by atoms with van der Waals surface area (Å²) in [7, 11) is 0. The van der Waals surface area contributed by atoms with Gasteiger partial charge in [-0.15, -0.1) is 24.0 Å². The second kappa shape index (κ2) is 12.6. The van der Waals surface area contributed by atoms with Crippen molar-refractivity contribution in [1.29, 1.82) is 0 Å². The van der Waals surface area contributed by atoms with Crippen molar-refractivity contribution in [2.45, 2.75) is 25.9 Å². The van der Waals surface area contributed by atoms with Crippen molar-refractivity contribution >= 4 is 53.1 Å². The SMILES string of the molecule is CCNC(=NCc1cccc(OCC(N)=O)c1)NC1CCN(c2cccc(Cl)c2)C1.I. The zero-order valence-electron chi connectivity index (χ0n) is 17.5. The summed E-state index contributed by atoms with van der Waals surface area (Å²) in [6.07, 6.45) is 1.02. The fourth-order valence-corrected chi connectivity index (χ4v) is 3.54. The topological polar surface area (TPSA) is 92.0 Å². The Morgan fingerprint density at radius 3 is 2.84 bits per heavy atom. The number of anilines is 1. The average molecular weight is 558 g/mol. The molecule has 1 saturated heterocycles. The number of carbonyl (C=O) groups is 1. The standard InChI is InChI=1S/C22H28ClN5O2.HI/c1-2-25-22(26-13-16-5-3-8-20(11-16)30-15-21(24)29)27-18-9-10-28(14-18)19-7-4-6-17(23)12-19;/h3-8,11-12,18H,2,9-10,13-15H2,1H3,(H2,24,29)(H2,25,26,27);1H. The zero-order chi connectivity index (χ0) is 21.3. The summed E-state index contributed by atoms with van der Waals surface area (Å²) in [5, 5.41) is 7.58. The van der Waals surface area contributed by atoms with E-state index in [0.29, 0.717) is 18.3 Å². The summed E-state index contributed by atoms with van der Waals surface area (Å²) in [6, 6.07) is 15.8. The van der Waals surface area contributed by atoms with Gasteiger partial charge in [0, 0.05) is 36.4 Å². The number of halogens is 2. The summed E-state index contributed by atoms with van der Waals surface area (Å²) in [5.74, 6) is 0.881. The molecule has 9 heteroatoms. The van der Waals surface area contributed by atoms with Crippen LogP contribution in [0.4, 0.5) is 5.69 Å². The number of ether oxygens (including phenoxy) is 1. The normalized spacial score (nSPS) is 15.9. The third-order valence-electron chi connectivity index (χ3n) is 4.75. The van der Waals surface area contributed by atoms with Crippen LogP contribution < -0.4 is 26.0 Å². The number of primary amides is 1. The molecule has 1 unspecified atom stereocenters. The highest BCUT2D eigenvalue weighted by Gasteiger charge is 2.23. The molecule has 168 valence electrons. The van der Waals surface area contributed by atoms with E-state index in [1.54, 1.807) is 6.07 Å². The highest BCUT2D eigenvalue weighted by atomic mass is 127. The highest BCUT2D eigenvalue weighted by Crippen LogP contribution is 2.23. The molecule has 2 aromatic rings. The third-order valence-corrected chi connectivity index (χ3v) is 4.98. The van der Waals surface area contributed by atoms with Gasteiger partial charge in [0.1, 0.15) is 5.75 Å². The summed E-state index contributed by atoms with van der Waals surface area (Å²) in [4.78, 5) is 17.9. The van der Waals surface area contributed by atoms with E-state index in [-0.39, 0.29) is 30.6 Å². The van der Waals surface area contributed by atoms with Crippen LogP contribution in [0.25, 0.3) is 0 Å². The summed E-state index contributed by atoms with van der Waals surface area (Å²) < 4.78 is 5.36. The molecule has 7 nitrogen and oxygen atoms in total. The molecule has 0 radical (unpaired) electrons. The van der Waals surface area contributed by atoms with Gasteiger partial charge in [0.2, 0.25) is 0 Å². The molecule has 0 spiro atoms. The summed E-state index contributed by atoms with van der Waals surface area (Å²) in [6.45, 7) is 5.04. The Bertz CT molecular complexity index is 896. The van der Waals surface area contributed by atoms with E-state index in [1.807, 2.05) is 43.3 Å². The van der Waals surface area contributed by atoms with Gasteiger partial charge in [0.05, 0.1) is 6.54 Å². The van der Waals surface area contributed by atoms with E-state index in [1.165, 1.54) is 0 Å². The Morgan fingerprint density at radius 1 is 1.29 bits per heavy atom. The maximum absolute atomic E-state index is 10.9. The van der Waals surface area contributed by atoms with Gasteiger partial charge in [-0.05, 0) is 49.2 Å². The lowest BCUT2D eigenvalue weighted by Crippen LogP contribution is -2.44. The molecule has 4 N–H and O–H groups in total. The summed E-state index contributed by atoms with van der Waals surface area (Å²) >= 11 is 6.13. The van der Waals surface area contributed by atoms with Crippen LogP contribution in [0.5, 0.6) is 5.75 Å². The van der Waals surface area contributed by atoms with E-state index in [0.717, 1.165) is 48.3 Å². The van der Waals surface area contributed by atoms with Crippen LogP contribution in [0.3, 0.4) is 0 Å². The van der Waals surface area contributed by atoms with E-state index < -0.39 is 5.91 Å². The Labute approximate surface area is 205 Å². The Hall–Kier alpha value is -2.20. The molecule has 3 rings (SSSR count). The van der Waals surface area contributed by atoms with Crippen molar-refractivity contribution in [3.63, 3.8) is 0 Å². The van der Waals surface area contributed by atoms with Gasteiger partial charge in [-0.25, -0.2) is 4.99 Å². The number of rotatable bonds is 8. The number of benzene rings is 2. The molecule has 0 saturated carbocycles. The number of aliphatic imine (C=N–C) groups is 1. The lowest BCUT2D eigenvalue weighted by molar-refractivity contribution is -0.119. The van der Waals surface area contributed by atoms with Crippen molar-refractivity contribution in [1.82, 2.24) is 10.6 Å². The maximum Gasteiger partial charge on any atom is 0.255 e. The van der Waals surface area contributed by atoms with Crippen LogP contribution >= 0.6 is 35.6 Å². The molecule has 1 atom stereocenters. The third kappa shape index (κ3) is 8.10. The first-order valence-corrected chi connectivity index (χ1v) is 10.5. The minimum absolute atomic E-state index is 0. The quantitative estimate of drug-likeness (QED) is 0.264. The van der Waals surface area contributed by atoms with Gasteiger partial charge in [-0.2, -0.15) is 0 Å². The number of hydrogen-bond acceptors (Lipinski definition) is 4. The van der Waals surface area contributed by atoms with Crippen molar-refractivity contribution in [2.24, 2.45) is 10.7 Å².